The molecule has 0 aromatic carbocycles. The molecule has 0 heterocycles. The third-order valence-electron chi connectivity index (χ3n) is 2.28. The molecule has 2 unspecified atom stereocenters. The van der Waals surface area contributed by atoms with E-state index in [0.717, 1.165) is 18.4 Å². The predicted molar refractivity (Wildman–Crippen MR) is 42.3 cm³/mol. The monoisotopic (exact) mass is 129 g/mol. The Balaban J connectivity index is 3.50. The van der Waals surface area contributed by atoms with Crippen molar-refractivity contribution in [2.24, 2.45) is 17.6 Å². The third kappa shape index (κ3) is 2.85. The van der Waals surface area contributed by atoms with Crippen molar-refractivity contribution in [2.75, 3.05) is 6.54 Å². The molecule has 0 saturated heterocycles. The molecule has 0 bridgehead atoms. The molecule has 2 N–H and O–H groups in total. The average molecular weight is 129 g/mol. The molecule has 0 spiro atoms. The summed E-state index contributed by atoms with van der Waals surface area (Å²) in [6, 6.07) is 0. The van der Waals surface area contributed by atoms with Gasteiger partial charge in [-0.05, 0) is 18.4 Å². The fourth-order valence-corrected chi connectivity index (χ4v) is 1.13. The van der Waals surface area contributed by atoms with Crippen LogP contribution in [0.1, 0.15) is 33.6 Å². The van der Waals surface area contributed by atoms with Crippen LogP contribution in [0.25, 0.3) is 0 Å². The van der Waals surface area contributed by atoms with E-state index in [2.05, 4.69) is 20.8 Å². The van der Waals surface area contributed by atoms with Gasteiger partial charge in [0.25, 0.3) is 0 Å². The molecule has 0 aliphatic heterocycles. The molecule has 0 saturated carbocycles. The molecular weight excluding hydrogens is 110 g/mol. The standard InChI is InChI=1S/C8H19N/c1-4-7(3)8(5-2)6-9/h7-8H,4-6,9H2,1-3H3. The Bertz CT molecular complexity index is 57.6. The van der Waals surface area contributed by atoms with E-state index in [0.29, 0.717) is 0 Å². The highest BCUT2D eigenvalue weighted by Gasteiger charge is 2.10. The first-order chi connectivity index (χ1) is 4.26. The summed E-state index contributed by atoms with van der Waals surface area (Å²) in [6.45, 7) is 7.57. The summed E-state index contributed by atoms with van der Waals surface area (Å²) in [4.78, 5) is 0. The largest absolute Gasteiger partial charge is 0.330 e. The maximum Gasteiger partial charge on any atom is -0.00464 e. The number of rotatable bonds is 4. The van der Waals surface area contributed by atoms with Crippen LogP contribution in [-0.4, -0.2) is 6.54 Å². The summed E-state index contributed by atoms with van der Waals surface area (Å²) < 4.78 is 0. The molecule has 56 valence electrons. The number of hydrogen-bond donors (Lipinski definition) is 1. The molecule has 1 heteroatoms. The second-order valence-electron chi connectivity index (χ2n) is 2.79. The highest BCUT2D eigenvalue weighted by molar-refractivity contribution is 4.63. The Labute approximate surface area is 58.6 Å². The minimum Gasteiger partial charge on any atom is -0.330 e. The summed E-state index contributed by atoms with van der Waals surface area (Å²) in [5.74, 6) is 1.55. The maximum absolute atomic E-state index is 5.56. The lowest BCUT2D eigenvalue weighted by atomic mass is 9.90. The van der Waals surface area contributed by atoms with Gasteiger partial charge in [0.1, 0.15) is 0 Å². The van der Waals surface area contributed by atoms with Crippen molar-refractivity contribution in [1.82, 2.24) is 0 Å². The lowest BCUT2D eigenvalue weighted by molar-refractivity contribution is 0.346. The molecule has 0 rings (SSSR count). The summed E-state index contributed by atoms with van der Waals surface area (Å²) in [5.41, 5.74) is 5.56. The van der Waals surface area contributed by atoms with Gasteiger partial charge in [-0.2, -0.15) is 0 Å². The smallest absolute Gasteiger partial charge is 0.00464 e. The van der Waals surface area contributed by atoms with Gasteiger partial charge in [0, 0.05) is 0 Å². The van der Waals surface area contributed by atoms with Gasteiger partial charge in [0.05, 0.1) is 0 Å². The van der Waals surface area contributed by atoms with E-state index in [1.54, 1.807) is 0 Å². The average Bonchev–Trinajstić information content (AvgIpc) is 1.90. The van der Waals surface area contributed by atoms with Crippen LogP contribution >= 0.6 is 0 Å². The van der Waals surface area contributed by atoms with Gasteiger partial charge in [-0.15, -0.1) is 0 Å². The van der Waals surface area contributed by atoms with Crippen LogP contribution in [0, 0.1) is 11.8 Å². The van der Waals surface area contributed by atoms with Crippen LogP contribution in [0.5, 0.6) is 0 Å². The van der Waals surface area contributed by atoms with Crippen molar-refractivity contribution in [3.05, 3.63) is 0 Å². The highest BCUT2D eigenvalue weighted by atomic mass is 14.5. The van der Waals surface area contributed by atoms with Gasteiger partial charge >= 0.3 is 0 Å². The Morgan fingerprint density at radius 3 is 1.89 bits per heavy atom. The summed E-state index contributed by atoms with van der Waals surface area (Å²) in [6.07, 6.45) is 2.49. The minimum absolute atomic E-state index is 0.745. The van der Waals surface area contributed by atoms with Crippen molar-refractivity contribution >= 4 is 0 Å². The van der Waals surface area contributed by atoms with E-state index in [1.807, 2.05) is 0 Å². The maximum atomic E-state index is 5.56. The second kappa shape index (κ2) is 4.80. The molecule has 9 heavy (non-hydrogen) atoms. The zero-order valence-corrected chi connectivity index (χ0v) is 6.85. The summed E-state index contributed by atoms with van der Waals surface area (Å²) >= 11 is 0. The van der Waals surface area contributed by atoms with Crippen LogP contribution < -0.4 is 5.73 Å². The highest BCUT2D eigenvalue weighted by Crippen LogP contribution is 2.16. The van der Waals surface area contributed by atoms with Crippen molar-refractivity contribution in [3.63, 3.8) is 0 Å². The first kappa shape index (κ1) is 8.96. The van der Waals surface area contributed by atoms with Crippen LogP contribution in [0.15, 0.2) is 0 Å². The van der Waals surface area contributed by atoms with Crippen molar-refractivity contribution in [2.45, 2.75) is 33.6 Å². The Kier molecular flexibility index (Phi) is 4.78. The van der Waals surface area contributed by atoms with Gasteiger partial charge in [-0.3, -0.25) is 0 Å². The van der Waals surface area contributed by atoms with Gasteiger partial charge in [-0.1, -0.05) is 33.6 Å². The first-order valence-electron chi connectivity index (χ1n) is 3.96. The molecule has 0 aliphatic rings. The second-order valence-corrected chi connectivity index (χ2v) is 2.79. The van der Waals surface area contributed by atoms with E-state index in [-0.39, 0.29) is 0 Å². The van der Waals surface area contributed by atoms with E-state index in [1.165, 1.54) is 12.8 Å². The van der Waals surface area contributed by atoms with E-state index < -0.39 is 0 Å². The van der Waals surface area contributed by atoms with Crippen LogP contribution in [0.2, 0.25) is 0 Å². The molecule has 0 radical (unpaired) electrons. The van der Waals surface area contributed by atoms with E-state index in [9.17, 15) is 0 Å². The summed E-state index contributed by atoms with van der Waals surface area (Å²) in [5, 5.41) is 0. The molecule has 0 aromatic rings. The fraction of sp³-hybridized carbons (Fsp3) is 1.00. The first-order valence-corrected chi connectivity index (χ1v) is 3.96. The molecule has 2 atom stereocenters. The molecule has 1 nitrogen and oxygen atoms in total. The topological polar surface area (TPSA) is 26.0 Å². The zero-order chi connectivity index (χ0) is 7.28. The molecule has 0 aromatic heterocycles. The number of nitrogens with two attached hydrogens (primary N) is 1. The van der Waals surface area contributed by atoms with Crippen molar-refractivity contribution in [3.8, 4) is 0 Å². The minimum atomic E-state index is 0.745. The Hall–Kier alpha value is -0.0400. The number of hydrogen-bond acceptors (Lipinski definition) is 1. The van der Waals surface area contributed by atoms with Gasteiger partial charge in [0.2, 0.25) is 0 Å². The van der Waals surface area contributed by atoms with E-state index >= 15 is 0 Å². The predicted octanol–water partition coefficient (Wildman–Crippen LogP) is 2.02. The van der Waals surface area contributed by atoms with Crippen molar-refractivity contribution < 1.29 is 0 Å². The van der Waals surface area contributed by atoms with Crippen molar-refractivity contribution in [1.29, 1.82) is 0 Å². The van der Waals surface area contributed by atoms with Crippen LogP contribution in [0.3, 0.4) is 0 Å². The quantitative estimate of drug-likeness (QED) is 0.617. The Morgan fingerprint density at radius 1 is 1.22 bits per heavy atom. The van der Waals surface area contributed by atoms with Crippen LogP contribution in [0.4, 0.5) is 0 Å². The molecular formula is C8H19N. The fourth-order valence-electron chi connectivity index (χ4n) is 1.13. The zero-order valence-electron chi connectivity index (χ0n) is 6.85. The summed E-state index contributed by atoms with van der Waals surface area (Å²) in [7, 11) is 0. The molecule has 0 amide bonds. The van der Waals surface area contributed by atoms with Crippen LogP contribution in [-0.2, 0) is 0 Å². The normalized spacial score (nSPS) is 17.3. The third-order valence-corrected chi connectivity index (χ3v) is 2.28. The van der Waals surface area contributed by atoms with E-state index in [4.69, 9.17) is 5.73 Å². The lowest BCUT2D eigenvalue weighted by Gasteiger charge is -2.18. The lowest BCUT2D eigenvalue weighted by Crippen LogP contribution is -2.20. The van der Waals surface area contributed by atoms with Gasteiger partial charge in [-0.25, -0.2) is 0 Å². The van der Waals surface area contributed by atoms with Gasteiger partial charge in [0.15, 0.2) is 0 Å². The SMILES string of the molecule is CCC(C)C(CC)CN. The molecule has 0 fully saturated rings. The Morgan fingerprint density at radius 2 is 1.78 bits per heavy atom. The van der Waals surface area contributed by atoms with Gasteiger partial charge < -0.3 is 5.73 Å². The molecule has 0 aliphatic carbocycles.